The molecule has 0 unspecified atom stereocenters. The zero-order chi connectivity index (χ0) is 13.8. The van der Waals surface area contributed by atoms with E-state index in [1.54, 1.807) is 19.9 Å². The van der Waals surface area contributed by atoms with E-state index in [9.17, 15) is 13.2 Å². The molecule has 0 aliphatic carbocycles. The number of hydrogen-bond donors (Lipinski definition) is 1. The first-order valence-electron chi connectivity index (χ1n) is 5.12. The van der Waals surface area contributed by atoms with Crippen molar-refractivity contribution in [1.82, 2.24) is 4.98 Å². The van der Waals surface area contributed by atoms with Gasteiger partial charge in [0.15, 0.2) is 5.75 Å². The van der Waals surface area contributed by atoms with Gasteiger partial charge in [-0.25, -0.2) is 13.4 Å². The van der Waals surface area contributed by atoms with Crippen molar-refractivity contribution in [2.24, 2.45) is 0 Å². The lowest BCUT2D eigenvalue weighted by Gasteiger charge is -2.09. The second kappa shape index (κ2) is 6.14. The molecule has 1 rings (SSSR count). The minimum absolute atomic E-state index is 0.143. The minimum atomic E-state index is -3.79. The Kier molecular flexibility index (Phi) is 5.09. The predicted molar refractivity (Wildman–Crippen MR) is 70.7 cm³/mol. The topological polar surface area (TPSA) is 85.4 Å². The maximum Gasteiger partial charge on any atom is 0.323 e. The zero-order valence-corrected chi connectivity index (χ0v) is 12.3. The summed E-state index contributed by atoms with van der Waals surface area (Å²) in [6.45, 7) is 3.46. The molecule has 1 aromatic heterocycles. The fourth-order valence-electron chi connectivity index (χ4n) is 1.19. The largest absolute Gasteiger partial charge is 0.465 e. The van der Waals surface area contributed by atoms with E-state index >= 15 is 0 Å². The zero-order valence-electron chi connectivity index (χ0n) is 9.94. The van der Waals surface area contributed by atoms with Crippen LogP contribution < -0.4 is 4.72 Å². The highest BCUT2D eigenvalue weighted by atomic mass is 79.9. The van der Waals surface area contributed by atoms with E-state index in [0.717, 1.165) is 4.47 Å². The van der Waals surface area contributed by atoms with E-state index in [1.807, 2.05) is 0 Å². The van der Waals surface area contributed by atoms with Gasteiger partial charge in [-0.3, -0.25) is 9.52 Å². The molecule has 0 aliphatic rings. The molecule has 0 saturated heterocycles. The number of aryl methyl sites for hydroxylation is 1. The van der Waals surface area contributed by atoms with Gasteiger partial charge >= 0.3 is 5.97 Å². The number of carbonyl (C=O) groups excluding carboxylic acids is 1. The fraction of sp³-hybridized carbons (Fsp3) is 0.400. The van der Waals surface area contributed by atoms with E-state index < -0.39 is 21.7 Å². The van der Waals surface area contributed by atoms with Crippen molar-refractivity contribution in [3.63, 3.8) is 0 Å². The first-order valence-corrected chi connectivity index (χ1v) is 7.57. The van der Waals surface area contributed by atoms with Crippen molar-refractivity contribution in [1.29, 1.82) is 0 Å². The number of pyridine rings is 1. The number of halogens is 1. The number of nitrogens with one attached hydrogen (secondary N) is 1. The van der Waals surface area contributed by atoms with Crippen LogP contribution >= 0.6 is 15.9 Å². The molecule has 1 N–H and O–H groups in total. The summed E-state index contributed by atoms with van der Waals surface area (Å²) in [7, 11) is -3.79. The summed E-state index contributed by atoms with van der Waals surface area (Å²) in [5.74, 6) is -1.32. The summed E-state index contributed by atoms with van der Waals surface area (Å²) in [5, 5.41) is 0. The molecule has 0 spiro atoms. The van der Waals surface area contributed by atoms with Gasteiger partial charge in [0.25, 0.3) is 0 Å². The van der Waals surface area contributed by atoms with Gasteiger partial charge in [0, 0.05) is 10.7 Å². The molecule has 0 bridgehead atoms. The molecule has 8 heteroatoms. The van der Waals surface area contributed by atoms with Crippen molar-refractivity contribution < 1.29 is 17.9 Å². The second-order valence-corrected chi connectivity index (χ2v) is 6.12. The van der Waals surface area contributed by atoms with Crippen molar-refractivity contribution in [2.45, 2.75) is 13.8 Å². The van der Waals surface area contributed by atoms with Crippen molar-refractivity contribution >= 4 is 37.7 Å². The summed E-state index contributed by atoms with van der Waals surface area (Å²) in [4.78, 5) is 15.0. The molecular formula is C10H13BrN2O4S. The molecule has 1 aromatic rings. The Balaban J connectivity index is 2.79. The van der Waals surface area contributed by atoms with Crippen LogP contribution in [0.4, 0.5) is 5.82 Å². The molecule has 6 nitrogen and oxygen atoms in total. The lowest BCUT2D eigenvalue weighted by atomic mass is 10.3. The summed E-state index contributed by atoms with van der Waals surface area (Å²) < 4.78 is 30.9. The van der Waals surface area contributed by atoms with E-state index in [1.165, 1.54) is 6.20 Å². The molecule has 0 fully saturated rings. The molecule has 0 saturated carbocycles. The van der Waals surface area contributed by atoms with Crippen LogP contribution in [0.5, 0.6) is 0 Å². The number of nitrogens with zero attached hydrogens (tertiary/aromatic N) is 1. The molecule has 0 radical (unpaired) electrons. The van der Waals surface area contributed by atoms with Crippen molar-refractivity contribution in [2.75, 3.05) is 17.1 Å². The first-order chi connectivity index (χ1) is 8.34. The van der Waals surface area contributed by atoms with Gasteiger partial charge in [-0.1, -0.05) is 0 Å². The van der Waals surface area contributed by atoms with Gasteiger partial charge in [0.1, 0.15) is 5.82 Å². The highest BCUT2D eigenvalue weighted by molar-refractivity contribution is 9.10. The number of rotatable bonds is 5. The fourth-order valence-corrected chi connectivity index (χ4v) is 2.61. The van der Waals surface area contributed by atoms with Crippen LogP contribution in [-0.2, 0) is 19.6 Å². The average molecular weight is 337 g/mol. The molecule has 100 valence electrons. The van der Waals surface area contributed by atoms with Gasteiger partial charge in [-0.05, 0) is 41.4 Å². The molecule has 0 aromatic carbocycles. The lowest BCUT2D eigenvalue weighted by Crippen LogP contribution is -2.25. The molecule has 0 amide bonds. The maximum absolute atomic E-state index is 11.7. The van der Waals surface area contributed by atoms with E-state index in [-0.39, 0.29) is 12.4 Å². The first kappa shape index (κ1) is 14.9. The Morgan fingerprint density at radius 3 is 2.78 bits per heavy atom. The Morgan fingerprint density at radius 1 is 1.56 bits per heavy atom. The molecular weight excluding hydrogens is 324 g/mol. The van der Waals surface area contributed by atoms with E-state index in [0.29, 0.717) is 5.56 Å². The Labute approximate surface area is 114 Å². The van der Waals surface area contributed by atoms with Crippen LogP contribution in [0, 0.1) is 6.92 Å². The molecule has 0 atom stereocenters. The molecule has 18 heavy (non-hydrogen) atoms. The third-order valence-corrected chi connectivity index (χ3v) is 3.46. The average Bonchev–Trinajstić information content (AvgIpc) is 2.21. The van der Waals surface area contributed by atoms with Gasteiger partial charge in [-0.2, -0.15) is 0 Å². The van der Waals surface area contributed by atoms with Crippen LogP contribution in [-0.4, -0.2) is 31.7 Å². The third kappa shape index (κ3) is 4.61. The van der Waals surface area contributed by atoms with Crippen LogP contribution in [0.2, 0.25) is 0 Å². The number of ether oxygens (including phenoxy) is 1. The summed E-state index contributed by atoms with van der Waals surface area (Å²) >= 11 is 3.22. The smallest absolute Gasteiger partial charge is 0.323 e. The van der Waals surface area contributed by atoms with Gasteiger partial charge in [0.2, 0.25) is 10.0 Å². The van der Waals surface area contributed by atoms with Crippen LogP contribution in [0.15, 0.2) is 16.7 Å². The van der Waals surface area contributed by atoms with Gasteiger partial charge < -0.3 is 4.74 Å². The van der Waals surface area contributed by atoms with Crippen molar-refractivity contribution in [3.05, 3.63) is 22.3 Å². The minimum Gasteiger partial charge on any atom is -0.465 e. The second-order valence-electron chi connectivity index (χ2n) is 3.49. The van der Waals surface area contributed by atoms with Gasteiger partial charge in [0.05, 0.1) is 6.61 Å². The van der Waals surface area contributed by atoms with Gasteiger partial charge in [-0.15, -0.1) is 0 Å². The van der Waals surface area contributed by atoms with Crippen LogP contribution in [0.1, 0.15) is 12.5 Å². The highest BCUT2D eigenvalue weighted by Gasteiger charge is 2.18. The number of aromatic nitrogens is 1. The monoisotopic (exact) mass is 336 g/mol. The van der Waals surface area contributed by atoms with Crippen molar-refractivity contribution in [3.8, 4) is 0 Å². The lowest BCUT2D eigenvalue weighted by molar-refractivity contribution is -0.139. The number of carbonyl (C=O) groups is 1. The Bertz CT molecular complexity index is 545. The SMILES string of the molecule is CCOC(=O)CS(=O)(=O)Nc1ncc(Br)cc1C. The maximum atomic E-state index is 11.7. The normalized spacial score (nSPS) is 11.1. The summed E-state index contributed by atoms with van der Waals surface area (Å²) in [5.41, 5.74) is 0.650. The number of esters is 1. The van der Waals surface area contributed by atoms with Crippen LogP contribution in [0.3, 0.4) is 0 Å². The van der Waals surface area contributed by atoms with Crippen LogP contribution in [0.25, 0.3) is 0 Å². The number of hydrogen-bond acceptors (Lipinski definition) is 5. The summed E-state index contributed by atoms with van der Waals surface area (Å²) in [6.07, 6.45) is 1.47. The predicted octanol–water partition coefficient (Wildman–Crippen LogP) is 1.46. The standard InChI is InChI=1S/C10H13BrN2O4S/c1-3-17-9(14)6-18(15,16)13-10-7(2)4-8(11)5-12-10/h4-5H,3,6H2,1-2H3,(H,12,13). The number of sulfonamides is 1. The third-order valence-electron chi connectivity index (χ3n) is 1.91. The highest BCUT2D eigenvalue weighted by Crippen LogP contribution is 2.17. The quantitative estimate of drug-likeness (QED) is 0.822. The molecule has 1 heterocycles. The van der Waals surface area contributed by atoms with E-state index in [2.05, 4.69) is 30.4 Å². The number of anilines is 1. The Morgan fingerprint density at radius 2 is 2.22 bits per heavy atom. The Hall–Kier alpha value is -1.15. The van der Waals surface area contributed by atoms with E-state index in [4.69, 9.17) is 0 Å². The molecule has 0 aliphatic heterocycles. The summed E-state index contributed by atoms with van der Waals surface area (Å²) in [6, 6.07) is 1.72.